The van der Waals surface area contributed by atoms with Gasteiger partial charge in [-0.2, -0.15) is 0 Å². The molecule has 0 unspecified atom stereocenters. The maximum Gasteiger partial charge on any atom is 0.250 e. The molecule has 3 rings (SSSR count). The van der Waals surface area contributed by atoms with E-state index in [-0.39, 0.29) is 17.1 Å². The molecule has 1 heterocycles. The normalized spacial score (nSPS) is 11.7. The summed E-state index contributed by atoms with van der Waals surface area (Å²) in [6.45, 7) is 6.53. The number of thiazole rings is 1. The molecule has 0 aliphatic carbocycles. The van der Waals surface area contributed by atoms with Crippen molar-refractivity contribution in [1.82, 2.24) is 4.98 Å². The monoisotopic (exact) mass is 380 g/mol. The number of nitrogens with one attached hydrogen (secondary N) is 1. The molecule has 27 heavy (non-hydrogen) atoms. The third-order valence-corrected chi connectivity index (χ3v) is 4.81. The van der Waals surface area contributed by atoms with Crippen molar-refractivity contribution in [3.63, 3.8) is 0 Å². The Morgan fingerprint density at radius 1 is 1.15 bits per heavy atom. The number of hydrogen-bond acceptors (Lipinski definition) is 3. The minimum absolute atomic E-state index is 0.105. The third-order valence-electron chi connectivity index (χ3n) is 4.06. The van der Waals surface area contributed by atoms with Crippen molar-refractivity contribution in [2.75, 3.05) is 5.32 Å². The number of aromatic nitrogens is 1. The standard InChI is InChI=1S/C22H21FN2OS/c1-22(2,3)17-10-8-16(9-11-17)19-14-27-21(24-19)25-20(26)12-7-15-5-4-6-18(23)13-15/h4-14H,1-3H3,(H,24,25,26)/b12-7+. The molecule has 2 aromatic carbocycles. The van der Waals surface area contributed by atoms with Crippen LogP contribution in [-0.2, 0) is 10.2 Å². The average Bonchev–Trinajstić information content (AvgIpc) is 3.08. The first-order chi connectivity index (χ1) is 12.8. The van der Waals surface area contributed by atoms with Gasteiger partial charge < -0.3 is 0 Å². The largest absolute Gasteiger partial charge is 0.298 e. The molecule has 1 N–H and O–H groups in total. The number of halogens is 1. The Morgan fingerprint density at radius 3 is 2.56 bits per heavy atom. The maximum atomic E-state index is 13.1. The molecule has 0 fully saturated rings. The number of carbonyl (C=O) groups is 1. The molecular weight excluding hydrogens is 359 g/mol. The molecule has 0 aliphatic rings. The van der Waals surface area contributed by atoms with Crippen molar-refractivity contribution >= 4 is 28.5 Å². The van der Waals surface area contributed by atoms with Crippen LogP contribution >= 0.6 is 11.3 Å². The van der Waals surface area contributed by atoms with E-state index in [0.29, 0.717) is 10.7 Å². The van der Waals surface area contributed by atoms with Gasteiger partial charge >= 0.3 is 0 Å². The van der Waals surface area contributed by atoms with Gasteiger partial charge in [0, 0.05) is 17.0 Å². The molecule has 3 nitrogen and oxygen atoms in total. The number of amides is 1. The Labute approximate surface area is 162 Å². The summed E-state index contributed by atoms with van der Waals surface area (Å²) in [7, 11) is 0. The number of nitrogens with zero attached hydrogens (tertiary/aromatic N) is 1. The van der Waals surface area contributed by atoms with Gasteiger partial charge in [0.05, 0.1) is 5.69 Å². The highest BCUT2D eigenvalue weighted by Crippen LogP contribution is 2.28. The summed E-state index contributed by atoms with van der Waals surface area (Å²) in [6.07, 6.45) is 2.94. The first kappa shape index (κ1) is 19.0. The topological polar surface area (TPSA) is 42.0 Å². The second-order valence-corrected chi connectivity index (χ2v) is 8.10. The molecular formula is C22H21FN2OS. The summed E-state index contributed by atoms with van der Waals surface area (Å²) in [5.74, 6) is -0.636. The SMILES string of the molecule is CC(C)(C)c1ccc(-c2csc(NC(=O)/C=C/c3cccc(F)c3)n2)cc1. The fraction of sp³-hybridized carbons (Fsp3) is 0.182. The Bertz CT molecular complexity index is 968. The third kappa shape index (κ3) is 5.11. The smallest absolute Gasteiger partial charge is 0.250 e. The van der Waals surface area contributed by atoms with Crippen molar-refractivity contribution in [1.29, 1.82) is 0 Å². The fourth-order valence-corrected chi connectivity index (χ4v) is 3.26. The molecule has 0 bridgehead atoms. The first-order valence-corrected chi connectivity index (χ1v) is 9.50. The molecule has 138 valence electrons. The molecule has 0 spiro atoms. The van der Waals surface area contributed by atoms with Crippen LogP contribution in [0.4, 0.5) is 9.52 Å². The van der Waals surface area contributed by atoms with Crippen LogP contribution < -0.4 is 5.32 Å². The van der Waals surface area contributed by atoms with E-state index >= 15 is 0 Å². The van der Waals surface area contributed by atoms with Crippen molar-refractivity contribution in [3.05, 3.63) is 76.9 Å². The van der Waals surface area contributed by atoms with Gasteiger partial charge in [-0.1, -0.05) is 57.2 Å². The highest BCUT2D eigenvalue weighted by molar-refractivity contribution is 7.14. The first-order valence-electron chi connectivity index (χ1n) is 8.62. The summed E-state index contributed by atoms with van der Waals surface area (Å²) in [4.78, 5) is 16.5. The van der Waals surface area contributed by atoms with Gasteiger partial charge in [0.25, 0.3) is 0 Å². The van der Waals surface area contributed by atoms with Gasteiger partial charge in [-0.15, -0.1) is 11.3 Å². The predicted molar refractivity (Wildman–Crippen MR) is 110 cm³/mol. The number of hydrogen-bond donors (Lipinski definition) is 1. The molecule has 0 radical (unpaired) electrons. The second-order valence-electron chi connectivity index (χ2n) is 7.24. The van der Waals surface area contributed by atoms with E-state index in [1.54, 1.807) is 18.2 Å². The van der Waals surface area contributed by atoms with Crippen LogP contribution in [0.3, 0.4) is 0 Å². The summed E-state index contributed by atoms with van der Waals surface area (Å²) in [6, 6.07) is 14.4. The zero-order valence-electron chi connectivity index (χ0n) is 15.5. The summed E-state index contributed by atoms with van der Waals surface area (Å²) in [5, 5.41) is 5.18. The lowest BCUT2D eigenvalue weighted by Gasteiger charge is -2.18. The zero-order valence-corrected chi connectivity index (χ0v) is 16.3. The molecule has 0 atom stereocenters. The number of anilines is 1. The minimum Gasteiger partial charge on any atom is -0.298 e. The fourth-order valence-electron chi connectivity index (χ4n) is 2.53. The van der Waals surface area contributed by atoms with E-state index in [9.17, 15) is 9.18 Å². The zero-order chi connectivity index (χ0) is 19.4. The van der Waals surface area contributed by atoms with Crippen LogP contribution in [0, 0.1) is 5.82 Å². The molecule has 3 aromatic rings. The van der Waals surface area contributed by atoms with Crippen molar-refractivity contribution < 1.29 is 9.18 Å². The summed E-state index contributed by atoms with van der Waals surface area (Å²) < 4.78 is 13.1. The Hall–Kier alpha value is -2.79. The Morgan fingerprint density at radius 2 is 1.89 bits per heavy atom. The Kier molecular flexibility index (Phi) is 5.51. The number of benzene rings is 2. The second kappa shape index (κ2) is 7.84. The lowest BCUT2D eigenvalue weighted by Crippen LogP contribution is -2.10. The van der Waals surface area contributed by atoms with Gasteiger partial charge in [0.2, 0.25) is 5.91 Å². The van der Waals surface area contributed by atoms with Crippen LogP contribution in [0.5, 0.6) is 0 Å². The summed E-state index contributed by atoms with van der Waals surface area (Å²) in [5.41, 5.74) is 3.83. The van der Waals surface area contributed by atoms with Crippen LogP contribution in [0.2, 0.25) is 0 Å². The highest BCUT2D eigenvalue weighted by atomic mass is 32.1. The number of rotatable bonds is 4. The summed E-state index contributed by atoms with van der Waals surface area (Å²) >= 11 is 1.37. The number of carbonyl (C=O) groups excluding carboxylic acids is 1. The van der Waals surface area contributed by atoms with E-state index < -0.39 is 0 Å². The average molecular weight is 380 g/mol. The quantitative estimate of drug-likeness (QED) is 0.573. The lowest BCUT2D eigenvalue weighted by molar-refractivity contribution is -0.111. The van der Waals surface area contributed by atoms with E-state index in [0.717, 1.165) is 11.3 Å². The van der Waals surface area contributed by atoms with Crippen LogP contribution in [0.15, 0.2) is 60.0 Å². The van der Waals surface area contributed by atoms with Crippen LogP contribution in [0.25, 0.3) is 17.3 Å². The van der Waals surface area contributed by atoms with Crippen molar-refractivity contribution in [2.45, 2.75) is 26.2 Å². The van der Waals surface area contributed by atoms with Crippen molar-refractivity contribution in [2.24, 2.45) is 0 Å². The van der Waals surface area contributed by atoms with E-state index in [1.807, 2.05) is 17.5 Å². The van der Waals surface area contributed by atoms with Gasteiger partial charge in [-0.25, -0.2) is 9.37 Å². The van der Waals surface area contributed by atoms with E-state index in [4.69, 9.17) is 0 Å². The molecule has 1 aromatic heterocycles. The van der Waals surface area contributed by atoms with Gasteiger partial charge in [0.1, 0.15) is 5.82 Å². The Balaban J connectivity index is 1.66. The van der Waals surface area contributed by atoms with E-state index in [2.05, 4.69) is 43.2 Å². The molecule has 0 saturated carbocycles. The van der Waals surface area contributed by atoms with Crippen LogP contribution in [0.1, 0.15) is 31.9 Å². The molecule has 0 aliphatic heterocycles. The van der Waals surface area contributed by atoms with Gasteiger partial charge in [-0.05, 0) is 34.8 Å². The van der Waals surface area contributed by atoms with Gasteiger partial charge in [0.15, 0.2) is 5.13 Å². The molecule has 5 heteroatoms. The lowest BCUT2D eigenvalue weighted by atomic mass is 9.86. The maximum absolute atomic E-state index is 13.1. The molecule has 0 saturated heterocycles. The van der Waals surface area contributed by atoms with E-state index in [1.165, 1.54) is 35.1 Å². The minimum atomic E-state index is -0.334. The van der Waals surface area contributed by atoms with Crippen molar-refractivity contribution in [3.8, 4) is 11.3 Å². The predicted octanol–water partition coefficient (Wildman–Crippen LogP) is 5.90. The highest BCUT2D eigenvalue weighted by Gasteiger charge is 2.14. The molecule has 1 amide bonds. The van der Waals surface area contributed by atoms with Gasteiger partial charge in [-0.3, -0.25) is 10.1 Å². The van der Waals surface area contributed by atoms with Crippen LogP contribution in [-0.4, -0.2) is 10.9 Å².